The third-order valence-electron chi connectivity index (χ3n) is 2.44. The van der Waals surface area contributed by atoms with Gasteiger partial charge in [-0.15, -0.1) is 0 Å². The number of hydrogen-bond donors (Lipinski definition) is 3. The summed E-state index contributed by atoms with van der Waals surface area (Å²) in [6, 6.07) is 7.82. The molecule has 1 rings (SSSR count). The number of methoxy groups -OCH3 is 1. The molecule has 1 unspecified atom stereocenters. The summed E-state index contributed by atoms with van der Waals surface area (Å²) in [6.45, 7) is 0.0439. The molecule has 0 heterocycles. The highest BCUT2D eigenvalue weighted by Gasteiger charge is 2.24. The van der Waals surface area contributed by atoms with Crippen molar-refractivity contribution >= 4 is 12.1 Å². The van der Waals surface area contributed by atoms with Crippen molar-refractivity contribution in [2.24, 2.45) is 0 Å². The van der Waals surface area contributed by atoms with E-state index in [2.05, 4.69) is 10.1 Å². The fraction of sp³-hybridized carbons (Fsp3) is 0.385. The molecule has 0 saturated carbocycles. The van der Waals surface area contributed by atoms with Crippen molar-refractivity contribution in [1.29, 1.82) is 0 Å². The van der Waals surface area contributed by atoms with Crippen molar-refractivity contribution in [2.45, 2.75) is 25.4 Å². The fourth-order valence-electron chi connectivity index (χ4n) is 1.47. The second-order valence-electron chi connectivity index (χ2n) is 4.00. The molecule has 0 saturated heterocycles. The third-order valence-corrected chi connectivity index (χ3v) is 2.44. The van der Waals surface area contributed by atoms with Crippen LogP contribution in [0.1, 0.15) is 12.0 Å². The normalized spacial score (nSPS) is 11.8. The number of nitrogens with one attached hydrogen (secondary N) is 1. The highest BCUT2D eigenvalue weighted by molar-refractivity contribution is 5.81. The van der Waals surface area contributed by atoms with Crippen molar-refractivity contribution in [3.8, 4) is 0 Å². The number of rotatable bonds is 6. The number of benzene rings is 1. The van der Waals surface area contributed by atoms with E-state index in [9.17, 15) is 9.59 Å². The van der Waals surface area contributed by atoms with E-state index in [-0.39, 0.29) is 13.0 Å². The molecular formula is C13H17NO6. The topological polar surface area (TPSA) is 105 Å². The maximum Gasteiger partial charge on any atom is 0.408 e. The van der Waals surface area contributed by atoms with E-state index in [0.717, 1.165) is 12.7 Å². The lowest BCUT2D eigenvalue weighted by molar-refractivity contribution is -0.146. The van der Waals surface area contributed by atoms with Crippen LogP contribution in [-0.4, -0.2) is 41.7 Å². The first kappa shape index (κ1) is 15.9. The fourth-order valence-corrected chi connectivity index (χ4v) is 1.47. The van der Waals surface area contributed by atoms with Crippen LogP contribution < -0.4 is 5.32 Å². The zero-order valence-corrected chi connectivity index (χ0v) is 11.0. The standard InChI is InChI=1S/C13H17NO6/c1-19-12(17)10(7-11(15)16)14-13(18)20-8-9-5-3-2-4-6-9/h2-6,10-11,15-16H,7-8H2,1H3,(H,14,18). The second kappa shape index (κ2) is 8.13. The maximum absolute atomic E-state index is 11.5. The smallest absolute Gasteiger partial charge is 0.408 e. The number of amides is 1. The molecule has 7 nitrogen and oxygen atoms in total. The highest BCUT2D eigenvalue weighted by atomic mass is 16.6. The molecule has 0 aliphatic carbocycles. The number of carbonyl (C=O) groups is 2. The van der Waals surface area contributed by atoms with Gasteiger partial charge in [-0.25, -0.2) is 9.59 Å². The number of ether oxygens (including phenoxy) is 2. The molecule has 20 heavy (non-hydrogen) atoms. The average molecular weight is 283 g/mol. The number of aliphatic hydroxyl groups excluding tert-OH is 1. The largest absolute Gasteiger partial charge is 0.467 e. The highest BCUT2D eigenvalue weighted by Crippen LogP contribution is 2.03. The van der Waals surface area contributed by atoms with Gasteiger partial charge in [0.05, 0.1) is 7.11 Å². The van der Waals surface area contributed by atoms with Crippen LogP contribution in [0.25, 0.3) is 0 Å². The zero-order chi connectivity index (χ0) is 15.0. The Kier molecular flexibility index (Phi) is 6.48. The van der Waals surface area contributed by atoms with Crippen LogP contribution in [0.4, 0.5) is 4.79 Å². The Hall–Kier alpha value is -2.12. The van der Waals surface area contributed by atoms with Crippen LogP contribution in [-0.2, 0) is 20.9 Å². The molecule has 0 bridgehead atoms. The van der Waals surface area contributed by atoms with Gasteiger partial charge in [0.15, 0.2) is 6.29 Å². The van der Waals surface area contributed by atoms with Crippen molar-refractivity contribution in [3.05, 3.63) is 35.9 Å². The summed E-state index contributed by atoms with van der Waals surface area (Å²) in [5.41, 5.74) is 0.791. The predicted molar refractivity (Wildman–Crippen MR) is 68.4 cm³/mol. The average Bonchev–Trinajstić information content (AvgIpc) is 2.44. The second-order valence-corrected chi connectivity index (χ2v) is 4.00. The Balaban J connectivity index is 2.47. The number of carbonyl (C=O) groups excluding carboxylic acids is 2. The van der Waals surface area contributed by atoms with E-state index >= 15 is 0 Å². The Morgan fingerprint density at radius 2 is 1.90 bits per heavy atom. The van der Waals surface area contributed by atoms with E-state index in [1.54, 1.807) is 24.3 Å². The summed E-state index contributed by atoms with van der Waals surface area (Å²) in [5.74, 6) is -0.783. The van der Waals surface area contributed by atoms with Crippen LogP contribution in [0, 0.1) is 0 Å². The van der Waals surface area contributed by atoms with Crippen molar-refractivity contribution in [2.75, 3.05) is 7.11 Å². The minimum Gasteiger partial charge on any atom is -0.467 e. The van der Waals surface area contributed by atoms with E-state index < -0.39 is 24.4 Å². The van der Waals surface area contributed by atoms with Crippen molar-refractivity contribution in [3.63, 3.8) is 0 Å². The summed E-state index contributed by atoms with van der Waals surface area (Å²) in [7, 11) is 1.13. The quantitative estimate of drug-likeness (QED) is 0.507. The van der Waals surface area contributed by atoms with Gasteiger partial charge in [-0.2, -0.15) is 0 Å². The van der Waals surface area contributed by atoms with Crippen LogP contribution in [0.15, 0.2) is 30.3 Å². The molecule has 0 spiro atoms. The van der Waals surface area contributed by atoms with Gasteiger partial charge in [0.2, 0.25) is 0 Å². The predicted octanol–water partition coefficient (Wildman–Crippen LogP) is 0.155. The van der Waals surface area contributed by atoms with Crippen LogP contribution in [0.3, 0.4) is 0 Å². The van der Waals surface area contributed by atoms with Gasteiger partial charge in [0.1, 0.15) is 12.6 Å². The first-order chi connectivity index (χ1) is 9.52. The Bertz CT molecular complexity index is 434. The Morgan fingerprint density at radius 1 is 1.25 bits per heavy atom. The monoisotopic (exact) mass is 283 g/mol. The molecule has 0 radical (unpaired) electrons. The number of alkyl carbamates (subject to hydrolysis) is 1. The van der Waals surface area contributed by atoms with Crippen LogP contribution in [0.5, 0.6) is 0 Å². The first-order valence-electron chi connectivity index (χ1n) is 5.94. The van der Waals surface area contributed by atoms with Gasteiger partial charge in [0, 0.05) is 6.42 Å². The summed E-state index contributed by atoms with van der Waals surface area (Å²) in [4.78, 5) is 22.9. The number of aliphatic hydroxyl groups is 2. The molecule has 1 aromatic rings. The lowest BCUT2D eigenvalue weighted by atomic mass is 10.2. The van der Waals surface area contributed by atoms with Gasteiger partial charge >= 0.3 is 12.1 Å². The number of esters is 1. The summed E-state index contributed by atoms with van der Waals surface area (Å²) >= 11 is 0. The molecule has 110 valence electrons. The van der Waals surface area contributed by atoms with Gasteiger partial charge in [0.25, 0.3) is 0 Å². The van der Waals surface area contributed by atoms with E-state index in [1.165, 1.54) is 0 Å². The number of hydrogen-bond acceptors (Lipinski definition) is 6. The van der Waals surface area contributed by atoms with Gasteiger partial charge < -0.3 is 25.0 Å². The van der Waals surface area contributed by atoms with Crippen molar-refractivity contribution in [1.82, 2.24) is 5.32 Å². The molecular weight excluding hydrogens is 266 g/mol. The summed E-state index contributed by atoms with van der Waals surface area (Å²) < 4.78 is 9.36. The minimum absolute atomic E-state index is 0.0439. The van der Waals surface area contributed by atoms with Gasteiger partial charge in [-0.1, -0.05) is 30.3 Å². The SMILES string of the molecule is COC(=O)C(CC(O)O)NC(=O)OCc1ccccc1. The molecule has 1 atom stereocenters. The van der Waals surface area contributed by atoms with E-state index in [0.29, 0.717) is 0 Å². The molecule has 0 aliphatic rings. The van der Waals surface area contributed by atoms with Gasteiger partial charge in [-0.3, -0.25) is 0 Å². The molecule has 0 aromatic heterocycles. The molecule has 0 fully saturated rings. The summed E-state index contributed by atoms with van der Waals surface area (Å²) in [5, 5.41) is 19.9. The first-order valence-corrected chi connectivity index (χ1v) is 5.94. The zero-order valence-electron chi connectivity index (χ0n) is 11.0. The lowest BCUT2D eigenvalue weighted by Crippen LogP contribution is -2.43. The van der Waals surface area contributed by atoms with E-state index in [1.807, 2.05) is 6.07 Å². The Labute approximate surface area is 116 Å². The molecule has 1 amide bonds. The molecule has 7 heteroatoms. The molecule has 3 N–H and O–H groups in total. The third kappa shape index (κ3) is 5.68. The van der Waals surface area contributed by atoms with Crippen LogP contribution in [0.2, 0.25) is 0 Å². The maximum atomic E-state index is 11.5. The Morgan fingerprint density at radius 3 is 2.45 bits per heavy atom. The lowest BCUT2D eigenvalue weighted by Gasteiger charge is -2.17. The molecule has 0 aliphatic heterocycles. The van der Waals surface area contributed by atoms with Gasteiger partial charge in [-0.05, 0) is 5.56 Å². The summed E-state index contributed by atoms with van der Waals surface area (Å²) in [6.07, 6.45) is -2.97. The molecule has 1 aromatic carbocycles. The van der Waals surface area contributed by atoms with Crippen molar-refractivity contribution < 1.29 is 29.3 Å². The minimum atomic E-state index is -1.74. The van der Waals surface area contributed by atoms with E-state index in [4.69, 9.17) is 14.9 Å². The van der Waals surface area contributed by atoms with Crippen LogP contribution >= 0.6 is 0 Å².